The van der Waals surface area contributed by atoms with Crippen molar-refractivity contribution >= 4 is 32.3 Å². The van der Waals surface area contributed by atoms with Gasteiger partial charge >= 0.3 is 0 Å². The van der Waals surface area contributed by atoms with Crippen LogP contribution >= 0.6 is 11.3 Å². The van der Waals surface area contributed by atoms with E-state index in [1.165, 1.54) is 11.3 Å². The molecule has 2 aromatic heterocycles. The molecule has 1 aromatic carbocycles. The number of thiophene rings is 1. The van der Waals surface area contributed by atoms with E-state index in [2.05, 4.69) is 0 Å². The standard InChI is InChI=1S/C10H7NO2S/c12-9-5-14-10-4-8-6(3-7(9)10)1-2-11(8)13/h1-5,12-13H. The van der Waals surface area contributed by atoms with Crippen LogP contribution in [0.5, 0.6) is 5.75 Å². The van der Waals surface area contributed by atoms with E-state index < -0.39 is 0 Å². The van der Waals surface area contributed by atoms with E-state index >= 15 is 0 Å². The van der Waals surface area contributed by atoms with Crippen molar-refractivity contribution in [3.63, 3.8) is 0 Å². The van der Waals surface area contributed by atoms with Gasteiger partial charge in [0.25, 0.3) is 0 Å². The molecule has 0 amide bonds. The maximum atomic E-state index is 9.52. The number of aromatic nitrogens is 1. The van der Waals surface area contributed by atoms with Crippen LogP contribution in [-0.4, -0.2) is 15.0 Å². The van der Waals surface area contributed by atoms with Gasteiger partial charge in [0.2, 0.25) is 0 Å². The molecule has 0 atom stereocenters. The fourth-order valence-electron chi connectivity index (χ4n) is 1.63. The van der Waals surface area contributed by atoms with Crippen LogP contribution in [0.15, 0.2) is 29.8 Å². The van der Waals surface area contributed by atoms with Crippen molar-refractivity contribution in [2.45, 2.75) is 0 Å². The average Bonchev–Trinajstić information content (AvgIpc) is 2.71. The number of rotatable bonds is 0. The first-order valence-electron chi connectivity index (χ1n) is 4.16. The molecule has 0 spiro atoms. The Kier molecular flexibility index (Phi) is 1.33. The molecule has 0 aliphatic carbocycles. The van der Waals surface area contributed by atoms with Gasteiger partial charge in [-0.05, 0) is 18.2 Å². The second kappa shape index (κ2) is 2.42. The van der Waals surface area contributed by atoms with Crippen LogP contribution in [0, 0.1) is 0 Å². The predicted molar refractivity (Wildman–Crippen MR) is 56.2 cm³/mol. The molecule has 3 aromatic rings. The maximum absolute atomic E-state index is 9.52. The van der Waals surface area contributed by atoms with Crippen LogP contribution in [-0.2, 0) is 0 Å². The van der Waals surface area contributed by atoms with Gasteiger partial charge in [-0.25, -0.2) is 0 Å². The van der Waals surface area contributed by atoms with E-state index in [1.807, 2.05) is 18.2 Å². The minimum Gasteiger partial charge on any atom is -0.506 e. The Labute approximate surface area is 83.4 Å². The summed E-state index contributed by atoms with van der Waals surface area (Å²) >= 11 is 1.47. The summed E-state index contributed by atoms with van der Waals surface area (Å²) in [5.74, 6) is 0.303. The lowest BCUT2D eigenvalue weighted by atomic mass is 10.2. The van der Waals surface area contributed by atoms with Gasteiger partial charge in [-0.2, -0.15) is 4.73 Å². The molecule has 3 rings (SSSR count). The van der Waals surface area contributed by atoms with Gasteiger partial charge < -0.3 is 10.3 Å². The van der Waals surface area contributed by atoms with Gasteiger partial charge in [0.15, 0.2) is 0 Å². The van der Waals surface area contributed by atoms with Gasteiger partial charge in [-0.3, -0.25) is 0 Å². The molecule has 0 aliphatic heterocycles. The number of aromatic hydroxyl groups is 1. The zero-order valence-corrected chi connectivity index (χ0v) is 7.95. The molecule has 0 radical (unpaired) electrons. The van der Waals surface area contributed by atoms with Gasteiger partial charge in [0, 0.05) is 27.0 Å². The third-order valence-electron chi connectivity index (χ3n) is 2.34. The molecule has 3 nitrogen and oxygen atoms in total. The highest BCUT2D eigenvalue weighted by atomic mass is 32.1. The fraction of sp³-hybridized carbons (Fsp3) is 0. The Morgan fingerprint density at radius 3 is 3.00 bits per heavy atom. The summed E-state index contributed by atoms with van der Waals surface area (Å²) in [6.45, 7) is 0. The zero-order valence-electron chi connectivity index (χ0n) is 7.14. The molecule has 0 unspecified atom stereocenters. The topological polar surface area (TPSA) is 45.4 Å². The van der Waals surface area contributed by atoms with Crippen molar-refractivity contribution < 1.29 is 10.3 Å². The number of nitrogens with zero attached hydrogens (tertiary/aromatic N) is 1. The molecule has 14 heavy (non-hydrogen) atoms. The average molecular weight is 205 g/mol. The first kappa shape index (κ1) is 7.70. The summed E-state index contributed by atoms with van der Waals surface area (Å²) in [6, 6.07) is 5.56. The smallest absolute Gasteiger partial charge is 0.134 e. The summed E-state index contributed by atoms with van der Waals surface area (Å²) in [6.07, 6.45) is 1.59. The molecular formula is C10H7NO2S. The number of hydrogen-bond acceptors (Lipinski definition) is 3. The molecule has 0 bridgehead atoms. The van der Waals surface area contributed by atoms with Crippen molar-refractivity contribution in [2.24, 2.45) is 0 Å². The van der Waals surface area contributed by atoms with Crippen molar-refractivity contribution in [1.29, 1.82) is 0 Å². The normalized spacial score (nSPS) is 11.4. The minimum atomic E-state index is 0.303. The van der Waals surface area contributed by atoms with Crippen LogP contribution in [0.3, 0.4) is 0 Å². The largest absolute Gasteiger partial charge is 0.506 e. The summed E-state index contributed by atoms with van der Waals surface area (Å²) in [4.78, 5) is 0. The van der Waals surface area contributed by atoms with E-state index in [0.29, 0.717) is 5.75 Å². The molecule has 0 aliphatic rings. The van der Waals surface area contributed by atoms with E-state index in [0.717, 1.165) is 25.7 Å². The molecule has 4 heteroatoms. The quantitative estimate of drug-likeness (QED) is 0.554. The lowest BCUT2D eigenvalue weighted by molar-refractivity contribution is 0.200. The molecule has 2 heterocycles. The van der Waals surface area contributed by atoms with Crippen LogP contribution in [0.1, 0.15) is 0 Å². The maximum Gasteiger partial charge on any atom is 0.134 e. The van der Waals surface area contributed by atoms with E-state index in [4.69, 9.17) is 0 Å². The Balaban J connectivity index is 2.56. The number of benzene rings is 1. The highest BCUT2D eigenvalue weighted by molar-refractivity contribution is 7.17. The first-order valence-corrected chi connectivity index (χ1v) is 5.04. The molecular weight excluding hydrogens is 198 g/mol. The lowest BCUT2D eigenvalue weighted by Crippen LogP contribution is -1.84. The summed E-state index contributed by atoms with van der Waals surface area (Å²) in [5.41, 5.74) is 0.763. The van der Waals surface area contributed by atoms with E-state index in [1.54, 1.807) is 11.6 Å². The van der Waals surface area contributed by atoms with Crippen LogP contribution in [0.2, 0.25) is 0 Å². The number of hydrogen-bond donors (Lipinski definition) is 2. The van der Waals surface area contributed by atoms with E-state index in [9.17, 15) is 10.3 Å². The highest BCUT2D eigenvalue weighted by Gasteiger charge is 2.06. The number of fused-ring (bicyclic) bond motifs is 2. The van der Waals surface area contributed by atoms with Crippen LogP contribution < -0.4 is 0 Å². The molecule has 2 N–H and O–H groups in total. The van der Waals surface area contributed by atoms with Crippen molar-refractivity contribution in [1.82, 2.24) is 4.73 Å². The summed E-state index contributed by atoms with van der Waals surface area (Å²) in [5, 5.41) is 22.4. The Hall–Kier alpha value is -1.68. The monoisotopic (exact) mass is 205 g/mol. The van der Waals surface area contributed by atoms with Crippen LogP contribution in [0.25, 0.3) is 21.0 Å². The van der Waals surface area contributed by atoms with Gasteiger partial charge in [0.05, 0.1) is 5.52 Å². The Morgan fingerprint density at radius 2 is 2.14 bits per heavy atom. The molecule has 0 fully saturated rings. The minimum absolute atomic E-state index is 0.303. The van der Waals surface area contributed by atoms with Crippen molar-refractivity contribution in [2.75, 3.05) is 0 Å². The third-order valence-corrected chi connectivity index (χ3v) is 3.28. The third kappa shape index (κ3) is 0.858. The van der Waals surface area contributed by atoms with Gasteiger partial charge in [0.1, 0.15) is 5.75 Å². The molecule has 0 saturated carbocycles. The van der Waals surface area contributed by atoms with Crippen molar-refractivity contribution in [3.05, 3.63) is 29.8 Å². The summed E-state index contributed by atoms with van der Waals surface area (Å²) < 4.78 is 2.06. The highest BCUT2D eigenvalue weighted by Crippen LogP contribution is 2.34. The molecule has 0 saturated heterocycles. The SMILES string of the molecule is Oc1csc2cc3c(ccn3O)cc12. The summed E-state index contributed by atoms with van der Waals surface area (Å²) in [7, 11) is 0. The first-order chi connectivity index (χ1) is 6.75. The van der Waals surface area contributed by atoms with Crippen molar-refractivity contribution in [3.8, 4) is 5.75 Å². The second-order valence-electron chi connectivity index (χ2n) is 3.19. The fourth-order valence-corrected chi connectivity index (χ4v) is 2.47. The predicted octanol–water partition coefficient (Wildman–Crippen LogP) is 2.80. The second-order valence-corrected chi connectivity index (χ2v) is 4.10. The van der Waals surface area contributed by atoms with E-state index in [-0.39, 0.29) is 0 Å². The Morgan fingerprint density at radius 1 is 1.29 bits per heavy atom. The lowest BCUT2D eigenvalue weighted by Gasteiger charge is -1.95. The zero-order chi connectivity index (χ0) is 9.71. The van der Waals surface area contributed by atoms with Gasteiger partial charge in [-0.1, -0.05) is 0 Å². The Bertz CT molecular complexity index is 567. The molecule has 70 valence electrons. The van der Waals surface area contributed by atoms with Crippen LogP contribution in [0.4, 0.5) is 0 Å². The van der Waals surface area contributed by atoms with Gasteiger partial charge in [-0.15, -0.1) is 11.3 Å².